The summed E-state index contributed by atoms with van der Waals surface area (Å²) in [6, 6.07) is 4.20. The van der Waals surface area contributed by atoms with Crippen LogP contribution in [0, 0.1) is 19.8 Å². The van der Waals surface area contributed by atoms with Crippen molar-refractivity contribution in [2.75, 3.05) is 6.54 Å². The highest BCUT2D eigenvalue weighted by atomic mass is 35.5. The van der Waals surface area contributed by atoms with Gasteiger partial charge in [-0.25, -0.2) is 0 Å². The zero-order valence-corrected chi connectivity index (χ0v) is 12.9. The molecule has 0 aliphatic heterocycles. The molecule has 0 amide bonds. The van der Waals surface area contributed by atoms with Gasteiger partial charge in [-0.3, -0.25) is 4.98 Å². The van der Waals surface area contributed by atoms with E-state index < -0.39 is 0 Å². The molecular formula is C14H26ClN3. The molecule has 0 aromatic carbocycles. The highest BCUT2D eigenvalue weighted by molar-refractivity contribution is 5.85. The average Bonchev–Trinajstić information content (AvgIpc) is 2.27. The molecule has 1 aromatic heterocycles. The molecule has 4 heteroatoms. The fourth-order valence-corrected chi connectivity index (χ4v) is 1.71. The maximum Gasteiger partial charge on any atom is 0.0420 e. The minimum Gasteiger partial charge on any atom is -0.329 e. The SMILES string of the molecule is Cc1ccc(CNC(C)(CN)C(C)C)c(C)n1.Cl. The average molecular weight is 272 g/mol. The Kier molecular flexibility index (Phi) is 6.82. The summed E-state index contributed by atoms with van der Waals surface area (Å²) >= 11 is 0. The molecule has 1 atom stereocenters. The van der Waals surface area contributed by atoms with Crippen molar-refractivity contribution in [2.45, 2.75) is 46.7 Å². The number of hydrogen-bond acceptors (Lipinski definition) is 3. The molecule has 18 heavy (non-hydrogen) atoms. The van der Waals surface area contributed by atoms with Gasteiger partial charge in [0.1, 0.15) is 0 Å². The molecule has 0 aliphatic carbocycles. The van der Waals surface area contributed by atoms with Gasteiger partial charge in [-0.2, -0.15) is 0 Å². The van der Waals surface area contributed by atoms with Gasteiger partial charge in [-0.15, -0.1) is 12.4 Å². The first-order valence-electron chi connectivity index (χ1n) is 6.27. The summed E-state index contributed by atoms with van der Waals surface area (Å²) in [7, 11) is 0. The van der Waals surface area contributed by atoms with E-state index in [1.807, 2.05) is 6.92 Å². The zero-order chi connectivity index (χ0) is 13.1. The van der Waals surface area contributed by atoms with Gasteiger partial charge in [0.05, 0.1) is 0 Å². The molecule has 0 spiro atoms. The van der Waals surface area contributed by atoms with Crippen LogP contribution in [0.4, 0.5) is 0 Å². The Bertz CT molecular complexity index is 379. The zero-order valence-electron chi connectivity index (χ0n) is 12.1. The molecule has 1 unspecified atom stereocenters. The van der Waals surface area contributed by atoms with Crippen LogP contribution in [-0.4, -0.2) is 17.1 Å². The smallest absolute Gasteiger partial charge is 0.0420 e. The molecule has 0 saturated carbocycles. The van der Waals surface area contributed by atoms with E-state index in [-0.39, 0.29) is 17.9 Å². The Morgan fingerprint density at radius 1 is 1.33 bits per heavy atom. The Hall–Kier alpha value is -0.640. The molecule has 1 rings (SSSR count). The summed E-state index contributed by atoms with van der Waals surface area (Å²) in [4.78, 5) is 4.47. The largest absolute Gasteiger partial charge is 0.329 e. The van der Waals surface area contributed by atoms with E-state index in [4.69, 9.17) is 5.73 Å². The first-order valence-corrected chi connectivity index (χ1v) is 6.27. The van der Waals surface area contributed by atoms with E-state index >= 15 is 0 Å². The van der Waals surface area contributed by atoms with Crippen LogP contribution in [0.3, 0.4) is 0 Å². The van der Waals surface area contributed by atoms with E-state index in [0.29, 0.717) is 12.5 Å². The van der Waals surface area contributed by atoms with E-state index in [1.54, 1.807) is 0 Å². The van der Waals surface area contributed by atoms with Crippen molar-refractivity contribution in [1.82, 2.24) is 10.3 Å². The number of halogens is 1. The van der Waals surface area contributed by atoms with Crippen LogP contribution in [-0.2, 0) is 6.54 Å². The number of hydrogen-bond donors (Lipinski definition) is 2. The number of rotatable bonds is 5. The van der Waals surface area contributed by atoms with Gasteiger partial charge in [0.2, 0.25) is 0 Å². The van der Waals surface area contributed by atoms with Gasteiger partial charge in [-0.1, -0.05) is 19.9 Å². The van der Waals surface area contributed by atoms with Crippen LogP contribution >= 0.6 is 12.4 Å². The third-order valence-corrected chi connectivity index (χ3v) is 3.72. The van der Waals surface area contributed by atoms with E-state index in [2.05, 4.69) is 50.1 Å². The second-order valence-electron chi connectivity index (χ2n) is 5.33. The van der Waals surface area contributed by atoms with Crippen molar-refractivity contribution in [3.05, 3.63) is 29.1 Å². The minimum absolute atomic E-state index is 0. The number of nitrogens with one attached hydrogen (secondary N) is 1. The quantitative estimate of drug-likeness (QED) is 0.866. The van der Waals surface area contributed by atoms with E-state index in [9.17, 15) is 0 Å². The van der Waals surface area contributed by atoms with Crippen molar-refractivity contribution in [3.8, 4) is 0 Å². The summed E-state index contributed by atoms with van der Waals surface area (Å²) < 4.78 is 0. The summed E-state index contributed by atoms with van der Waals surface area (Å²) in [5, 5.41) is 3.56. The van der Waals surface area contributed by atoms with Gasteiger partial charge in [0, 0.05) is 30.0 Å². The summed E-state index contributed by atoms with van der Waals surface area (Å²) in [6.07, 6.45) is 0. The van der Waals surface area contributed by atoms with Crippen molar-refractivity contribution < 1.29 is 0 Å². The molecule has 1 aromatic rings. The lowest BCUT2D eigenvalue weighted by atomic mass is 9.88. The minimum atomic E-state index is -0.0165. The molecule has 104 valence electrons. The molecule has 0 fully saturated rings. The highest BCUT2D eigenvalue weighted by Gasteiger charge is 2.25. The van der Waals surface area contributed by atoms with Gasteiger partial charge in [0.15, 0.2) is 0 Å². The third kappa shape index (κ3) is 4.23. The number of nitrogens with two attached hydrogens (primary N) is 1. The Labute approximate surface area is 117 Å². The predicted octanol–water partition coefficient (Wildman–Crippen LogP) is 2.58. The molecule has 0 radical (unpaired) electrons. The normalized spacial score (nSPS) is 14.2. The third-order valence-electron chi connectivity index (χ3n) is 3.72. The van der Waals surface area contributed by atoms with Crippen molar-refractivity contribution in [1.29, 1.82) is 0 Å². The van der Waals surface area contributed by atoms with Crippen molar-refractivity contribution in [3.63, 3.8) is 0 Å². The lowest BCUT2D eigenvalue weighted by Crippen LogP contribution is -2.52. The summed E-state index contributed by atoms with van der Waals surface area (Å²) in [6.45, 7) is 12.1. The van der Waals surface area contributed by atoms with Crippen LogP contribution in [0.1, 0.15) is 37.7 Å². The van der Waals surface area contributed by atoms with Crippen LogP contribution in [0.15, 0.2) is 12.1 Å². The van der Waals surface area contributed by atoms with Crippen LogP contribution in [0.5, 0.6) is 0 Å². The Morgan fingerprint density at radius 2 is 1.94 bits per heavy atom. The van der Waals surface area contributed by atoms with Gasteiger partial charge in [0.25, 0.3) is 0 Å². The molecule has 0 aliphatic rings. The number of aromatic nitrogens is 1. The maximum absolute atomic E-state index is 5.86. The molecule has 1 heterocycles. The van der Waals surface area contributed by atoms with Crippen molar-refractivity contribution >= 4 is 12.4 Å². The second-order valence-corrected chi connectivity index (χ2v) is 5.33. The molecular weight excluding hydrogens is 246 g/mol. The first-order chi connectivity index (χ1) is 7.89. The highest BCUT2D eigenvalue weighted by Crippen LogP contribution is 2.16. The second kappa shape index (κ2) is 7.07. The molecule has 3 N–H and O–H groups in total. The first kappa shape index (κ1) is 17.4. The lowest BCUT2D eigenvalue weighted by Gasteiger charge is -2.34. The fraction of sp³-hybridized carbons (Fsp3) is 0.643. The van der Waals surface area contributed by atoms with Gasteiger partial charge >= 0.3 is 0 Å². The molecule has 0 saturated heterocycles. The van der Waals surface area contributed by atoms with E-state index in [0.717, 1.165) is 17.9 Å². The van der Waals surface area contributed by atoms with Crippen LogP contribution in [0.25, 0.3) is 0 Å². The standard InChI is InChI=1S/C14H25N3.ClH/c1-10(2)14(5,9-15)16-8-13-7-6-11(3)17-12(13)4;/h6-7,10,16H,8-9,15H2,1-5H3;1H. The van der Waals surface area contributed by atoms with Gasteiger partial charge < -0.3 is 11.1 Å². The molecule has 3 nitrogen and oxygen atoms in total. The number of pyridine rings is 1. The summed E-state index contributed by atoms with van der Waals surface area (Å²) in [5.41, 5.74) is 9.25. The molecule has 0 bridgehead atoms. The Morgan fingerprint density at radius 3 is 2.39 bits per heavy atom. The predicted molar refractivity (Wildman–Crippen MR) is 80.1 cm³/mol. The lowest BCUT2D eigenvalue weighted by molar-refractivity contribution is 0.267. The number of aryl methyl sites for hydroxylation is 2. The van der Waals surface area contributed by atoms with Gasteiger partial charge in [-0.05, 0) is 38.3 Å². The van der Waals surface area contributed by atoms with E-state index in [1.165, 1.54) is 5.56 Å². The summed E-state index contributed by atoms with van der Waals surface area (Å²) in [5.74, 6) is 0.506. The number of nitrogens with zero attached hydrogens (tertiary/aromatic N) is 1. The fourth-order valence-electron chi connectivity index (χ4n) is 1.71. The topological polar surface area (TPSA) is 50.9 Å². The maximum atomic E-state index is 5.86. The van der Waals surface area contributed by atoms with Crippen LogP contribution in [0.2, 0.25) is 0 Å². The van der Waals surface area contributed by atoms with Crippen LogP contribution < -0.4 is 11.1 Å². The van der Waals surface area contributed by atoms with Crippen molar-refractivity contribution in [2.24, 2.45) is 11.7 Å². The monoisotopic (exact) mass is 271 g/mol. The Balaban J connectivity index is 0.00000289.